The zero-order chi connectivity index (χ0) is 9.42. The first-order valence-electron chi connectivity index (χ1n) is 3.94. The van der Waals surface area contributed by atoms with Crippen LogP contribution >= 0.6 is 11.6 Å². The molecular formula is C10H8ClFN+. The average molecular weight is 197 g/mol. The third-order valence-corrected chi connectivity index (χ3v) is 2.40. The second kappa shape index (κ2) is 2.96. The minimum absolute atomic E-state index is 0.171. The molecule has 2 rings (SSSR count). The van der Waals surface area contributed by atoms with E-state index in [0.717, 1.165) is 10.8 Å². The second-order valence-corrected chi connectivity index (χ2v) is 3.35. The van der Waals surface area contributed by atoms with Gasteiger partial charge >= 0.3 is 0 Å². The van der Waals surface area contributed by atoms with E-state index in [1.165, 1.54) is 0 Å². The molecule has 1 aromatic heterocycles. The van der Waals surface area contributed by atoms with Crippen molar-refractivity contribution in [3.05, 3.63) is 40.9 Å². The van der Waals surface area contributed by atoms with E-state index in [4.69, 9.17) is 11.6 Å². The van der Waals surface area contributed by atoms with Gasteiger partial charge in [-0.05, 0) is 23.9 Å². The fourth-order valence-electron chi connectivity index (χ4n) is 1.40. The van der Waals surface area contributed by atoms with Crippen molar-refractivity contribution in [2.24, 2.45) is 0 Å². The van der Waals surface area contributed by atoms with Gasteiger partial charge in [-0.15, -0.1) is 0 Å². The second-order valence-electron chi connectivity index (χ2n) is 2.94. The minimum Gasteiger partial charge on any atom is -0.217 e. The first-order chi connectivity index (χ1) is 6.20. The Morgan fingerprint density at radius 3 is 3.00 bits per heavy atom. The molecule has 1 N–H and O–H groups in total. The highest BCUT2D eigenvalue weighted by Gasteiger charge is 2.08. The predicted octanol–water partition coefficient (Wildman–Crippen LogP) is 2.75. The summed E-state index contributed by atoms with van der Waals surface area (Å²) in [5.74, 6) is -0.333. The van der Waals surface area contributed by atoms with Gasteiger partial charge in [0.1, 0.15) is 5.82 Å². The summed E-state index contributed by atoms with van der Waals surface area (Å²) in [7, 11) is 0. The lowest BCUT2D eigenvalue weighted by Gasteiger charge is -2.02. The number of halogens is 2. The Labute approximate surface area is 80.2 Å². The summed E-state index contributed by atoms with van der Waals surface area (Å²) in [6.45, 7) is 1.73. The molecule has 0 aliphatic rings. The number of hydrogen-bond donors (Lipinski definition) is 0. The molecule has 0 spiro atoms. The molecule has 1 heterocycles. The third-order valence-electron chi connectivity index (χ3n) is 2.12. The van der Waals surface area contributed by atoms with Crippen LogP contribution in [0.4, 0.5) is 4.39 Å². The van der Waals surface area contributed by atoms with Crippen LogP contribution in [0.25, 0.3) is 10.8 Å². The molecule has 3 heteroatoms. The van der Waals surface area contributed by atoms with E-state index >= 15 is 0 Å². The molecule has 0 aliphatic carbocycles. The Bertz CT molecular complexity index is 468. The number of aryl methyl sites for hydroxylation is 1. The van der Waals surface area contributed by atoms with E-state index < -0.39 is 0 Å². The Morgan fingerprint density at radius 2 is 2.23 bits per heavy atom. The molecule has 1 nitrogen and oxygen atoms in total. The van der Waals surface area contributed by atoms with Crippen LogP contribution in [0.15, 0.2) is 24.5 Å². The van der Waals surface area contributed by atoms with Crippen molar-refractivity contribution in [3.8, 4) is 0 Å². The zero-order valence-corrected chi connectivity index (χ0v) is 7.82. The predicted molar refractivity (Wildman–Crippen MR) is 50.2 cm³/mol. The molecule has 0 amide bonds. The van der Waals surface area contributed by atoms with Gasteiger partial charge < -0.3 is 0 Å². The Balaban J connectivity index is 2.94. The molecule has 0 fully saturated rings. The van der Waals surface area contributed by atoms with E-state index in [-0.39, 0.29) is 10.8 Å². The Hall–Kier alpha value is -1.15. The fraction of sp³-hybridized carbons (Fsp3) is 0.100. The molecule has 0 saturated heterocycles. The standard InChI is InChI=1S/C10H7ClFN/c1-6-8-2-3-13-5-7(8)4-9(11)10(6)12/h2-5H,1H3/p+1. The quantitative estimate of drug-likeness (QED) is 0.615. The number of aromatic nitrogens is 1. The lowest BCUT2D eigenvalue weighted by molar-refractivity contribution is -0.375. The molecule has 0 atom stereocenters. The monoisotopic (exact) mass is 196 g/mol. The van der Waals surface area contributed by atoms with Gasteiger partial charge in [-0.2, -0.15) is 0 Å². The molecule has 0 aliphatic heterocycles. The first-order valence-corrected chi connectivity index (χ1v) is 4.32. The summed E-state index contributed by atoms with van der Waals surface area (Å²) >= 11 is 5.70. The number of fused-ring (bicyclic) bond motifs is 1. The van der Waals surface area contributed by atoms with E-state index in [2.05, 4.69) is 4.98 Å². The fourth-order valence-corrected chi connectivity index (χ4v) is 1.66. The van der Waals surface area contributed by atoms with Crippen molar-refractivity contribution in [3.63, 3.8) is 0 Å². The van der Waals surface area contributed by atoms with Gasteiger partial charge in [-0.3, -0.25) is 0 Å². The van der Waals surface area contributed by atoms with Crippen LogP contribution in [0.3, 0.4) is 0 Å². The maximum Gasteiger partial charge on any atom is 0.174 e. The highest BCUT2D eigenvalue weighted by Crippen LogP contribution is 2.25. The summed E-state index contributed by atoms with van der Waals surface area (Å²) in [6, 6.07) is 3.46. The molecule has 13 heavy (non-hydrogen) atoms. The van der Waals surface area contributed by atoms with Crippen LogP contribution in [-0.4, -0.2) is 0 Å². The molecule has 2 aromatic rings. The first kappa shape index (κ1) is 8.45. The smallest absolute Gasteiger partial charge is 0.174 e. The normalized spacial score (nSPS) is 10.7. The van der Waals surface area contributed by atoms with Crippen molar-refractivity contribution < 1.29 is 9.37 Å². The average Bonchev–Trinajstić information content (AvgIpc) is 2.15. The largest absolute Gasteiger partial charge is 0.217 e. The van der Waals surface area contributed by atoms with Crippen LogP contribution in [0.5, 0.6) is 0 Å². The van der Waals surface area contributed by atoms with Crippen molar-refractivity contribution in [2.75, 3.05) is 0 Å². The van der Waals surface area contributed by atoms with E-state index in [9.17, 15) is 4.39 Å². The molecular weight excluding hydrogens is 189 g/mol. The number of H-pyrrole nitrogens is 1. The summed E-state index contributed by atoms with van der Waals surface area (Å²) in [5.41, 5.74) is 0.594. The number of hydrogen-bond acceptors (Lipinski definition) is 0. The molecule has 0 bridgehead atoms. The topological polar surface area (TPSA) is 14.1 Å². The number of nitrogens with one attached hydrogen (secondary N) is 1. The Kier molecular flexibility index (Phi) is 1.93. The number of rotatable bonds is 0. The van der Waals surface area contributed by atoms with E-state index in [0.29, 0.717) is 5.56 Å². The van der Waals surface area contributed by atoms with Crippen LogP contribution in [0.2, 0.25) is 5.02 Å². The van der Waals surface area contributed by atoms with E-state index in [1.807, 2.05) is 6.07 Å². The number of benzene rings is 1. The summed E-state index contributed by atoms with van der Waals surface area (Å²) in [6.07, 6.45) is 3.57. The highest BCUT2D eigenvalue weighted by molar-refractivity contribution is 6.31. The molecule has 0 saturated carbocycles. The maximum atomic E-state index is 13.3. The van der Waals surface area contributed by atoms with Gasteiger partial charge in [0.05, 0.1) is 5.02 Å². The van der Waals surface area contributed by atoms with E-state index in [1.54, 1.807) is 25.4 Å². The van der Waals surface area contributed by atoms with Gasteiger partial charge in [-0.1, -0.05) is 11.6 Å². The van der Waals surface area contributed by atoms with Crippen LogP contribution in [0.1, 0.15) is 5.56 Å². The lowest BCUT2D eigenvalue weighted by atomic mass is 10.1. The third kappa shape index (κ3) is 1.27. The molecule has 66 valence electrons. The van der Waals surface area contributed by atoms with Crippen LogP contribution in [0, 0.1) is 12.7 Å². The van der Waals surface area contributed by atoms with Gasteiger partial charge in [0, 0.05) is 11.5 Å². The van der Waals surface area contributed by atoms with Crippen molar-refractivity contribution in [1.29, 1.82) is 0 Å². The summed E-state index contributed by atoms with van der Waals surface area (Å²) < 4.78 is 13.3. The lowest BCUT2D eigenvalue weighted by Crippen LogP contribution is -1.99. The van der Waals surface area contributed by atoms with Crippen molar-refractivity contribution >= 4 is 22.4 Å². The number of pyridine rings is 1. The van der Waals surface area contributed by atoms with Crippen LogP contribution < -0.4 is 4.98 Å². The molecule has 1 aromatic carbocycles. The van der Waals surface area contributed by atoms with Crippen molar-refractivity contribution in [1.82, 2.24) is 0 Å². The zero-order valence-electron chi connectivity index (χ0n) is 7.07. The van der Waals surface area contributed by atoms with Gasteiger partial charge in [-0.25, -0.2) is 9.37 Å². The molecule has 0 unspecified atom stereocenters. The summed E-state index contributed by atoms with van der Waals surface area (Å²) in [5, 5.41) is 1.98. The van der Waals surface area contributed by atoms with Gasteiger partial charge in [0.25, 0.3) is 0 Å². The van der Waals surface area contributed by atoms with Gasteiger partial charge in [0.15, 0.2) is 12.4 Å². The van der Waals surface area contributed by atoms with Crippen LogP contribution in [-0.2, 0) is 0 Å². The summed E-state index contributed by atoms with van der Waals surface area (Å²) in [4.78, 5) is 2.93. The highest BCUT2D eigenvalue weighted by atomic mass is 35.5. The molecule has 0 radical (unpaired) electrons. The van der Waals surface area contributed by atoms with Crippen molar-refractivity contribution in [2.45, 2.75) is 6.92 Å². The minimum atomic E-state index is -0.333. The Morgan fingerprint density at radius 1 is 1.46 bits per heavy atom. The number of aromatic amines is 1. The SMILES string of the molecule is Cc1c(F)c(Cl)cc2c[nH+]ccc12. The maximum absolute atomic E-state index is 13.3. The van der Waals surface area contributed by atoms with Gasteiger partial charge in [0.2, 0.25) is 0 Å².